The van der Waals surface area contributed by atoms with Crippen LogP contribution in [0.2, 0.25) is 0 Å². The van der Waals surface area contributed by atoms with Crippen LogP contribution in [-0.2, 0) is 11.3 Å². The van der Waals surface area contributed by atoms with E-state index in [-0.39, 0.29) is 29.1 Å². The van der Waals surface area contributed by atoms with Gasteiger partial charge in [0, 0.05) is 43.0 Å². The van der Waals surface area contributed by atoms with Crippen molar-refractivity contribution in [1.82, 2.24) is 9.80 Å². The number of amides is 2. The van der Waals surface area contributed by atoms with Crippen LogP contribution in [0.5, 0.6) is 0 Å². The van der Waals surface area contributed by atoms with Gasteiger partial charge in [0.2, 0.25) is 5.78 Å². The molecule has 1 aliphatic carbocycles. The number of nitrogens with zero attached hydrogens (tertiary/aromatic N) is 4. The minimum absolute atomic E-state index is 0.0474. The van der Waals surface area contributed by atoms with Gasteiger partial charge in [-0.3, -0.25) is 14.4 Å². The maximum absolute atomic E-state index is 13.5. The topological polar surface area (TPSA) is 73.3 Å². The van der Waals surface area contributed by atoms with Crippen molar-refractivity contribution in [3.8, 4) is 0 Å². The molecule has 1 aliphatic heterocycles. The minimum atomic E-state index is -0.411. The van der Waals surface area contributed by atoms with E-state index in [2.05, 4.69) is 24.8 Å². The Kier molecular flexibility index (Phi) is 9.49. The van der Waals surface area contributed by atoms with Gasteiger partial charge in [-0.15, -0.1) is 0 Å². The summed E-state index contributed by atoms with van der Waals surface area (Å²) in [7, 11) is 0. The van der Waals surface area contributed by atoms with Gasteiger partial charge in [0.1, 0.15) is 0 Å². The molecule has 0 saturated heterocycles. The SMILES string of the molecule is CCCN(CCC)C(=O)c1ccc2c(c1)CN(C1=CC(=Nc3ccc(N(CC)CC)cc3C)C(C)=C(Cl)C1=O)C2=O. The molecule has 0 spiro atoms. The standard InChI is InChI=1S/C33H39ClN4O3/c1-7-15-37(16-8-2)32(40)23-11-13-26-24(18-23)20-38(33(26)41)29-19-28(22(6)30(34)31(29)39)35-27-14-12-25(17-21(27)5)36(9-3)10-4/h11-14,17-19H,7-10,15-16,20H2,1-6H3. The number of rotatable bonds is 10. The number of Topliss-reactive ketones (excluding diaryl/α,β-unsaturated/α-hetero) is 1. The molecule has 0 atom stereocenters. The molecule has 2 aliphatic rings. The second kappa shape index (κ2) is 12.9. The van der Waals surface area contributed by atoms with Gasteiger partial charge >= 0.3 is 0 Å². The molecule has 0 radical (unpaired) electrons. The number of anilines is 1. The van der Waals surface area contributed by atoms with Gasteiger partial charge in [-0.2, -0.15) is 0 Å². The number of carbonyl (C=O) groups is 3. The van der Waals surface area contributed by atoms with Gasteiger partial charge in [-0.1, -0.05) is 25.4 Å². The third-order valence-electron chi connectivity index (χ3n) is 7.69. The highest BCUT2D eigenvalue weighted by molar-refractivity contribution is 6.49. The second-order valence-corrected chi connectivity index (χ2v) is 10.9. The Morgan fingerprint density at radius 2 is 1.66 bits per heavy atom. The zero-order valence-corrected chi connectivity index (χ0v) is 25.6. The van der Waals surface area contributed by atoms with Crippen LogP contribution < -0.4 is 4.90 Å². The van der Waals surface area contributed by atoms with Crippen molar-refractivity contribution in [3.63, 3.8) is 0 Å². The lowest BCUT2D eigenvalue weighted by molar-refractivity contribution is -0.113. The number of benzene rings is 2. The molecule has 2 aromatic rings. The van der Waals surface area contributed by atoms with Gasteiger partial charge < -0.3 is 14.7 Å². The van der Waals surface area contributed by atoms with Crippen molar-refractivity contribution < 1.29 is 14.4 Å². The Hall–Kier alpha value is -3.71. The molecule has 0 bridgehead atoms. The molecule has 8 heteroatoms. The van der Waals surface area contributed by atoms with E-state index in [0.29, 0.717) is 41.1 Å². The van der Waals surface area contributed by atoms with Gasteiger partial charge in [-0.05, 0) is 99.7 Å². The van der Waals surface area contributed by atoms with E-state index >= 15 is 0 Å². The molecule has 41 heavy (non-hydrogen) atoms. The molecule has 7 nitrogen and oxygen atoms in total. The summed E-state index contributed by atoms with van der Waals surface area (Å²) < 4.78 is 0. The van der Waals surface area contributed by atoms with E-state index in [1.165, 1.54) is 4.90 Å². The molecule has 0 unspecified atom stereocenters. The van der Waals surface area contributed by atoms with Crippen LogP contribution in [0.1, 0.15) is 79.3 Å². The number of allylic oxidation sites excluding steroid dienone is 3. The number of ketones is 1. The Morgan fingerprint density at radius 3 is 2.27 bits per heavy atom. The summed E-state index contributed by atoms with van der Waals surface area (Å²) in [5.41, 5.74) is 5.93. The first kappa shape index (κ1) is 30.3. The van der Waals surface area contributed by atoms with E-state index in [4.69, 9.17) is 16.6 Å². The van der Waals surface area contributed by atoms with Crippen LogP contribution in [0.25, 0.3) is 0 Å². The predicted octanol–water partition coefficient (Wildman–Crippen LogP) is 6.81. The van der Waals surface area contributed by atoms with E-state index < -0.39 is 5.78 Å². The summed E-state index contributed by atoms with van der Waals surface area (Å²) in [6.45, 7) is 15.5. The molecule has 216 valence electrons. The molecular weight excluding hydrogens is 536 g/mol. The quantitative estimate of drug-likeness (QED) is 0.292. The maximum Gasteiger partial charge on any atom is 0.259 e. The fourth-order valence-corrected chi connectivity index (χ4v) is 5.57. The van der Waals surface area contributed by atoms with Crippen LogP contribution in [0.15, 0.2) is 63.8 Å². The minimum Gasteiger partial charge on any atom is -0.372 e. The van der Waals surface area contributed by atoms with Crippen molar-refractivity contribution in [3.05, 3.63) is 81.0 Å². The summed E-state index contributed by atoms with van der Waals surface area (Å²) in [6, 6.07) is 11.3. The van der Waals surface area contributed by atoms with Gasteiger partial charge in [-0.25, -0.2) is 4.99 Å². The highest BCUT2D eigenvalue weighted by atomic mass is 35.5. The summed E-state index contributed by atoms with van der Waals surface area (Å²) in [4.78, 5) is 50.4. The summed E-state index contributed by atoms with van der Waals surface area (Å²) >= 11 is 6.53. The molecule has 2 amide bonds. The van der Waals surface area contributed by atoms with E-state index in [1.54, 1.807) is 31.2 Å². The first-order valence-electron chi connectivity index (χ1n) is 14.5. The monoisotopic (exact) mass is 574 g/mol. The smallest absolute Gasteiger partial charge is 0.259 e. The summed E-state index contributed by atoms with van der Waals surface area (Å²) in [5.74, 6) is -0.749. The molecule has 2 aromatic carbocycles. The van der Waals surface area contributed by atoms with Crippen LogP contribution in [0, 0.1) is 6.92 Å². The van der Waals surface area contributed by atoms with Crippen molar-refractivity contribution in [2.24, 2.45) is 4.99 Å². The molecule has 0 fully saturated rings. The fourth-order valence-electron chi connectivity index (χ4n) is 5.38. The van der Waals surface area contributed by atoms with E-state index in [0.717, 1.165) is 42.9 Å². The Morgan fingerprint density at radius 1 is 0.976 bits per heavy atom. The second-order valence-electron chi connectivity index (χ2n) is 10.5. The maximum atomic E-state index is 13.5. The summed E-state index contributed by atoms with van der Waals surface area (Å²) in [5, 5.41) is 0.0491. The van der Waals surface area contributed by atoms with E-state index in [1.807, 2.05) is 37.8 Å². The molecule has 0 aromatic heterocycles. The Balaban J connectivity index is 1.66. The highest BCUT2D eigenvalue weighted by Gasteiger charge is 2.36. The van der Waals surface area contributed by atoms with E-state index in [9.17, 15) is 14.4 Å². The molecule has 4 rings (SSSR count). The molecular formula is C33H39ClN4O3. The average Bonchev–Trinajstić information content (AvgIpc) is 3.29. The van der Waals surface area contributed by atoms with Crippen LogP contribution in [0.3, 0.4) is 0 Å². The third-order valence-corrected chi connectivity index (χ3v) is 8.15. The largest absolute Gasteiger partial charge is 0.372 e. The number of hydrogen-bond donors (Lipinski definition) is 0. The fraction of sp³-hybridized carbons (Fsp3) is 0.394. The lowest BCUT2D eigenvalue weighted by Gasteiger charge is -2.23. The Labute approximate surface area is 248 Å². The van der Waals surface area contributed by atoms with Crippen molar-refractivity contribution in [2.75, 3.05) is 31.1 Å². The molecule has 1 heterocycles. The van der Waals surface area contributed by atoms with Crippen LogP contribution in [0.4, 0.5) is 11.4 Å². The van der Waals surface area contributed by atoms with Crippen molar-refractivity contribution >= 4 is 46.3 Å². The van der Waals surface area contributed by atoms with Crippen LogP contribution >= 0.6 is 11.6 Å². The average molecular weight is 575 g/mol. The first-order valence-corrected chi connectivity index (χ1v) is 14.8. The molecule has 0 N–H and O–H groups in total. The zero-order chi connectivity index (χ0) is 29.8. The number of hydrogen-bond acceptors (Lipinski definition) is 5. The number of fused-ring (bicyclic) bond motifs is 1. The number of halogens is 1. The lowest BCUT2D eigenvalue weighted by atomic mass is 10.00. The lowest BCUT2D eigenvalue weighted by Crippen LogP contribution is -2.32. The van der Waals surface area contributed by atoms with Gasteiger partial charge in [0.15, 0.2) is 0 Å². The molecule has 0 saturated carbocycles. The van der Waals surface area contributed by atoms with Crippen molar-refractivity contribution in [1.29, 1.82) is 0 Å². The van der Waals surface area contributed by atoms with Gasteiger partial charge in [0.05, 0.1) is 28.7 Å². The highest BCUT2D eigenvalue weighted by Crippen LogP contribution is 2.34. The van der Waals surface area contributed by atoms with Gasteiger partial charge in [0.25, 0.3) is 11.8 Å². The Bertz CT molecular complexity index is 1460. The zero-order valence-electron chi connectivity index (χ0n) is 24.9. The van der Waals surface area contributed by atoms with Crippen molar-refractivity contribution in [2.45, 2.75) is 60.9 Å². The number of aliphatic imine (C=N–C) groups is 1. The number of carbonyl (C=O) groups excluding carboxylic acids is 3. The normalized spacial score (nSPS) is 15.9. The first-order chi connectivity index (χ1) is 19.6. The predicted molar refractivity (Wildman–Crippen MR) is 166 cm³/mol. The number of aryl methyl sites for hydroxylation is 1. The van der Waals surface area contributed by atoms with Crippen LogP contribution in [-0.4, -0.2) is 59.3 Å². The third kappa shape index (κ3) is 6.01. The summed E-state index contributed by atoms with van der Waals surface area (Å²) in [6.07, 6.45) is 3.40.